The number of rotatable bonds is 15. The lowest BCUT2D eigenvalue weighted by molar-refractivity contribution is 0.0898. The van der Waals surface area contributed by atoms with Gasteiger partial charge in [-0.1, -0.05) is 78.2 Å². The van der Waals surface area contributed by atoms with Crippen molar-refractivity contribution in [3.05, 3.63) is 12.7 Å². The smallest absolute Gasteiger partial charge is 0.0209 e. The van der Waals surface area contributed by atoms with Crippen LogP contribution in [0.1, 0.15) is 97.8 Å². The second-order valence-electron chi connectivity index (χ2n) is 7.38. The summed E-state index contributed by atoms with van der Waals surface area (Å²) in [6, 6.07) is 0. The molecule has 1 nitrogen and oxygen atoms in total. The lowest BCUT2D eigenvalue weighted by Crippen LogP contribution is -2.45. The van der Waals surface area contributed by atoms with Gasteiger partial charge in [0.1, 0.15) is 0 Å². The van der Waals surface area contributed by atoms with Crippen molar-refractivity contribution < 1.29 is 0 Å². The maximum atomic E-state index is 3.94. The second kappa shape index (κ2) is 13.2. The van der Waals surface area contributed by atoms with Crippen LogP contribution in [0.4, 0.5) is 0 Å². The van der Waals surface area contributed by atoms with E-state index in [-0.39, 0.29) is 0 Å². The van der Waals surface area contributed by atoms with Crippen molar-refractivity contribution in [1.82, 2.24) is 4.90 Å². The van der Waals surface area contributed by atoms with Gasteiger partial charge in [-0.2, -0.15) is 0 Å². The molecule has 0 aromatic rings. The van der Waals surface area contributed by atoms with Crippen LogP contribution in [0.3, 0.4) is 0 Å². The summed E-state index contributed by atoms with van der Waals surface area (Å²) >= 11 is 0. The molecule has 2 atom stereocenters. The molecule has 1 heteroatoms. The lowest BCUT2D eigenvalue weighted by Gasteiger charge is -2.43. The van der Waals surface area contributed by atoms with Crippen LogP contribution in [0.25, 0.3) is 0 Å². The molecule has 22 heavy (non-hydrogen) atoms. The third-order valence-electron chi connectivity index (χ3n) is 5.44. The minimum absolute atomic E-state index is 0.382. The molecule has 0 aromatic carbocycles. The van der Waals surface area contributed by atoms with Crippen molar-refractivity contribution in [2.24, 2.45) is 5.92 Å². The number of hydrogen-bond donors (Lipinski definition) is 0. The predicted octanol–water partition coefficient (Wildman–Crippen LogP) is 6.83. The van der Waals surface area contributed by atoms with Gasteiger partial charge in [-0.25, -0.2) is 0 Å². The zero-order valence-corrected chi connectivity index (χ0v) is 16.3. The van der Waals surface area contributed by atoms with Gasteiger partial charge in [-0.05, 0) is 45.7 Å². The second-order valence-corrected chi connectivity index (χ2v) is 7.38. The molecule has 0 fully saturated rings. The van der Waals surface area contributed by atoms with E-state index >= 15 is 0 Å². The lowest BCUT2D eigenvalue weighted by atomic mass is 9.77. The summed E-state index contributed by atoms with van der Waals surface area (Å²) in [6.07, 6.45) is 18.3. The van der Waals surface area contributed by atoms with Crippen LogP contribution in [0.5, 0.6) is 0 Å². The maximum Gasteiger partial charge on any atom is 0.0209 e. The van der Waals surface area contributed by atoms with E-state index in [9.17, 15) is 0 Å². The Kier molecular flexibility index (Phi) is 13.0. The van der Waals surface area contributed by atoms with E-state index in [2.05, 4.69) is 52.4 Å². The molecule has 2 unspecified atom stereocenters. The number of hydrogen-bond acceptors (Lipinski definition) is 1. The minimum Gasteiger partial charge on any atom is -0.304 e. The van der Waals surface area contributed by atoms with Crippen LogP contribution >= 0.6 is 0 Å². The quantitative estimate of drug-likeness (QED) is 0.237. The van der Waals surface area contributed by atoms with E-state index in [4.69, 9.17) is 0 Å². The largest absolute Gasteiger partial charge is 0.304 e. The molecule has 0 aliphatic rings. The van der Waals surface area contributed by atoms with Crippen molar-refractivity contribution in [3.8, 4) is 0 Å². The van der Waals surface area contributed by atoms with E-state index in [0.717, 1.165) is 12.3 Å². The van der Waals surface area contributed by atoms with Crippen LogP contribution in [-0.2, 0) is 0 Å². The highest BCUT2D eigenvalue weighted by Crippen LogP contribution is 2.35. The average Bonchev–Trinajstić information content (AvgIpc) is 2.51. The standard InChI is InChI=1S/C21H43N/c1-7-11-13-14-15-16-20(10-4)19-21(17-9-3,22(5)6)18-12-8-2/h8,20H,2,7,9-19H2,1,3-6H3. The van der Waals surface area contributed by atoms with Gasteiger partial charge in [-0.3, -0.25) is 0 Å². The SMILES string of the molecule is C=CCCC(CCC)(CC(CC)CCCCCCC)N(C)C. The molecule has 0 radical (unpaired) electrons. The first kappa shape index (κ1) is 21.7. The van der Waals surface area contributed by atoms with Crippen LogP contribution in [0.2, 0.25) is 0 Å². The Morgan fingerprint density at radius 1 is 0.955 bits per heavy atom. The molecule has 0 saturated heterocycles. The summed E-state index contributed by atoms with van der Waals surface area (Å²) < 4.78 is 0. The van der Waals surface area contributed by atoms with Crippen molar-refractivity contribution in [2.45, 2.75) is 103 Å². The molecule has 0 spiro atoms. The van der Waals surface area contributed by atoms with Gasteiger partial charge < -0.3 is 4.90 Å². The fourth-order valence-corrected chi connectivity index (χ4v) is 3.82. The van der Waals surface area contributed by atoms with Crippen LogP contribution in [0.15, 0.2) is 12.7 Å². The Balaban J connectivity index is 4.58. The fourth-order valence-electron chi connectivity index (χ4n) is 3.82. The Labute approximate surface area is 141 Å². The Bertz CT molecular complexity index is 259. The van der Waals surface area contributed by atoms with Crippen LogP contribution in [0, 0.1) is 5.92 Å². The van der Waals surface area contributed by atoms with Gasteiger partial charge in [0.15, 0.2) is 0 Å². The van der Waals surface area contributed by atoms with Gasteiger partial charge in [0.25, 0.3) is 0 Å². The number of nitrogens with zero attached hydrogens (tertiary/aromatic N) is 1. The van der Waals surface area contributed by atoms with E-state index in [1.165, 1.54) is 70.6 Å². The molecule has 0 aromatic heterocycles. The van der Waals surface area contributed by atoms with Crippen molar-refractivity contribution in [2.75, 3.05) is 14.1 Å². The first-order valence-corrected chi connectivity index (χ1v) is 9.84. The molecular weight excluding hydrogens is 266 g/mol. The summed E-state index contributed by atoms with van der Waals surface area (Å²) in [4.78, 5) is 2.51. The highest BCUT2D eigenvalue weighted by atomic mass is 15.1. The third kappa shape index (κ3) is 8.36. The molecule has 0 saturated carbocycles. The zero-order valence-electron chi connectivity index (χ0n) is 16.3. The summed E-state index contributed by atoms with van der Waals surface area (Å²) in [5.41, 5.74) is 0.382. The Morgan fingerprint density at radius 3 is 2.14 bits per heavy atom. The minimum atomic E-state index is 0.382. The van der Waals surface area contributed by atoms with E-state index in [1.807, 2.05) is 0 Å². The van der Waals surface area contributed by atoms with Crippen molar-refractivity contribution in [1.29, 1.82) is 0 Å². The molecule has 0 heterocycles. The van der Waals surface area contributed by atoms with Crippen molar-refractivity contribution >= 4 is 0 Å². The zero-order chi connectivity index (χ0) is 16.8. The van der Waals surface area contributed by atoms with Gasteiger partial charge in [-0.15, -0.1) is 6.58 Å². The monoisotopic (exact) mass is 309 g/mol. The summed E-state index contributed by atoms with van der Waals surface area (Å²) in [5, 5.41) is 0. The van der Waals surface area contributed by atoms with Crippen LogP contribution in [-0.4, -0.2) is 24.5 Å². The number of unbranched alkanes of at least 4 members (excludes halogenated alkanes) is 4. The summed E-state index contributed by atoms with van der Waals surface area (Å²) in [5.74, 6) is 0.889. The topological polar surface area (TPSA) is 3.24 Å². The van der Waals surface area contributed by atoms with Crippen molar-refractivity contribution in [3.63, 3.8) is 0 Å². The van der Waals surface area contributed by atoms with Gasteiger partial charge >= 0.3 is 0 Å². The maximum absolute atomic E-state index is 3.94. The van der Waals surface area contributed by atoms with E-state index in [1.54, 1.807) is 0 Å². The molecule has 0 bridgehead atoms. The molecule has 0 N–H and O–H groups in total. The fraction of sp³-hybridized carbons (Fsp3) is 0.905. The van der Waals surface area contributed by atoms with Gasteiger partial charge in [0.05, 0.1) is 0 Å². The molecule has 0 aliphatic carbocycles. The predicted molar refractivity (Wildman–Crippen MR) is 103 cm³/mol. The van der Waals surface area contributed by atoms with Gasteiger partial charge in [0, 0.05) is 5.54 Å². The third-order valence-corrected chi connectivity index (χ3v) is 5.44. The summed E-state index contributed by atoms with van der Waals surface area (Å²) in [6.45, 7) is 11.0. The highest BCUT2D eigenvalue weighted by Gasteiger charge is 2.33. The molecule has 0 rings (SSSR count). The normalized spacial score (nSPS) is 15.7. The van der Waals surface area contributed by atoms with Crippen LogP contribution < -0.4 is 0 Å². The summed E-state index contributed by atoms with van der Waals surface area (Å²) in [7, 11) is 4.57. The highest BCUT2D eigenvalue weighted by molar-refractivity contribution is 4.91. The first-order valence-electron chi connectivity index (χ1n) is 9.84. The first-order chi connectivity index (χ1) is 10.6. The van der Waals surface area contributed by atoms with Gasteiger partial charge in [0.2, 0.25) is 0 Å². The van der Waals surface area contributed by atoms with E-state index < -0.39 is 0 Å². The molecular formula is C21H43N. The Hall–Kier alpha value is -0.300. The molecule has 132 valence electrons. The molecule has 0 aliphatic heterocycles. The average molecular weight is 310 g/mol. The molecule has 0 amide bonds. The van der Waals surface area contributed by atoms with E-state index in [0.29, 0.717) is 5.54 Å². The number of allylic oxidation sites excluding steroid dienone is 1. The Morgan fingerprint density at radius 2 is 1.64 bits per heavy atom.